The van der Waals surface area contributed by atoms with E-state index in [-0.39, 0.29) is 11.9 Å². The largest absolute Gasteiger partial charge is 0.327 e. The molecule has 0 spiro atoms. The molecule has 0 aliphatic heterocycles. The van der Waals surface area contributed by atoms with Crippen molar-refractivity contribution in [2.45, 2.75) is 18.9 Å². The van der Waals surface area contributed by atoms with Crippen LogP contribution in [-0.2, 0) is 0 Å². The molecule has 0 aromatic heterocycles. The highest BCUT2D eigenvalue weighted by Crippen LogP contribution is 2.27. The van der Waals surface area contributed by atoms with E-state index >= 15 is 0 Å². The Bertz CT molecular complexity index is 377. The van der Waals surface area contributed by atoms with E-state index in [4.69, 9.17) is 5.73 Å². The summed E-state index contributed by atoms with van der Waals surface area (Å²) in [7, 11) is 0. The van der Waals surface area contributed by atoms with Gasteiger partial charge in [-0.05, 0) is 31.0 Å². The number of hydrogen-bond acceptors (Lipinski definition) is 1. The monoisotopic (exact) mass is 195 g/mol. The van der Waals surface area contributed by atoms with Crippen LogP contribution >= 0.6 is 0 Å². The van der Waals surface area contributed by atoms with Gasteiger partial charge in [0.15, 0.2) is 0 Å². The van der Waals surface area contributed by atoms with Gasteiger partial charge in [-0.15, -0.1) is 0 Å². The standard InChI is InChI=1S/C11H11F2N/c12-9-1-2-11(13)8(6-9)3-7-4-10(14)5-7/h1-3,6,10H,4-5,14H2. The van der Waals surface area contributed by atoms with Crippen molar-refractivity contribution >= 4 is 6.08 Å². The van der Waals surface area contributed by atoms with Gasteiger partial charge in [-0.3, -0.25) is 0 Å². The van der Waals surface area contributed by atoms with Crippen LogP contribution in [0.2, 0.25) is 0 Å². The molecule has 0 heterocycles. The van der Waals surface area contributed by atoms with Crippen LogP contribution in [0, 0.1) is 11.6 Å². The predicted octanol–water partition coefficient (Wildman–Crippen LogP) is 2.47. The van der Waals surface area contributed by atoms with Crippen molar-refractivity contribution in [3.8, 4) is 0 Å². The third kappa shape index (κ3) is 1.82. The maximum Gasteiger partial charge on any atom is 0.130 e. The maximum absolute atomic E-state index is 13.1. The molecule has 1 nitrogen and oxygen atoms in total. The number of hydrogen-bond donors (Lipinski definition) is 1. The van der Waals surface area contributed by atoms with E-state index < -0.39 is 5.82 Å². The molecular weight excluding hydrogens is 184 g/mol. The van der Waals surface area contributed by atoms with E-state index in [1.54, 1.807) is 6.08 Å². The number of rotatable bonds is 1. The number of benzene rings is 1. The lowest BCUT2D eigenvalue weighted by atomic mass is 9.86. The summed E-state index contributed by atoms with van der Waals surface area (Å²) in [5.41, 5.74) is 6.98. The van der Waals surface area contributed by atoms with Crippen molar-refractivity contribution < 1.29 is 8.78 Å². The molecular formula is C11H11F2N. The Morgan fingerprint density at radius 3 is 2.64 bits per heavy atom. The molecule has 2 N–H and O–H groups in total. The third-order valence-electron chi connectivity index (χ3n) is 2.37. The molecule has 1 aromatic rings. The Morgan fingerprint density at radius 1 is 1.29 bits per heavy atom. The van der Waals surface area contributed by atoms with Gasteiger partial charge in [-0.25, -0.2) is 8.78 Å². The summed E-state index contributed by atoms with van der Waals surface area (Å²) in [6.45, 7) is 0. The molecule has 74 valence electrons. The minimum absolute atomic E-state index is 0.192. The fourth-order valence-electron chi connectivity index (χ4n) is 1.58. The van der Waals surface area contributed by atoms with E-state index in [0.29, 0.717) is 5.56 Å². The summed E-state index contributed by atoms with van der Waals surface area (Å²) in [5, 5.41) is 0. The molecule has 2 rings (SSSR count). The van der Waals surface area contributed by atoms with Crippen LogP contribution in [0.5, 0.6) is 0 Å². The summed E-state index contributed by atoms with van der Waals surface area (Å²) in [5.74, 6) is -0.804. The molecule has 1 aliphatic rings. The lowest BCUT2D eigenvalue weighted by molar-refractivity contribution is 0.545. The summed E-state index contributed by atoms with van der Waals surface area (Å²) < 4.78 is 25.9. The van der Waals surface area contributed by atoms with Crippen LogP contribution in [0.15, 0.2) is 23.8 Å². The summed E-state index contributed by atoms with van der Waals surface area (Å²) >= 11 is 0. The van der Waals surface area contributed by atoms with Crippen molar-refractivity contribution in [1.82, 2.24) is 0 Å². The summed E-state index contributed by atoms with van der Waals surface area (Å²) in [4.78, 5) is 0. The lowest BCUT2D eigenvalue weighted by Gasteiger charge is -2.25. The maximum atomic E-state index is 13.1. The van der Waals surface area contributed by atoms with Gasteiger partial charge in [0.2, 0.25) is 0 Å². The number of halogens is 2. The molecule has 0 bridgehead atoms. The van der Waals surface area contributed by atoms with E-state index in [1.165, 1.54) is 6.07 Å². The van der Waals surface area contributed by atoms with Crippen molar-refractivity contribution in [3.63, 3.8) is 0 Å². The molecule has 1 saturated carbocycles. The highest BCUT2D eigenvalue weighted by molar-refractivity contribution is 5.55. The van der Waals surface area contributed by atoms with Crippen LogP contribution < -0.4 is 5.73 Å². The third-order valence-corrected chi connectivity index (χ3v) is 2.37. The van der Waals surface area contributed by atoms with E-state index in [2.05, 4.69) is 0 Å². The first-order valence-electron chi connectivity index (χ1n) is 4.55. The fourth-order valence-corrected chi connectivity index (χ4v) is 1.58. The van der Waals surface area contributed by atoms with Crippen LogP contribution in [0.25, 0.3) is 6.08 Å². The first kappa shape index (κ1) is 9.34. The van der Waals surface area contributed by atoms with Gasteiger partial charge in [0.1, 0.15) is 11.6 Å². The second kappa shape index (κ2) is 3.50. The topological polar surface area (TPSA) is 26.0 Å². The molecule has 1 aliphatic carbocycles. The first-order chi connectivity index (χ1) is 6.65. The van der Waals surface area contributed by atoms with Gasteiger partial charge >= 0.3 is 0 Å². The highest BCUT2D eigenvalue weighted by atomic mass is 19.1. The highest BCUT2D eigenvalue weighted by Gasteiger charge is 2.18. The molecule has 0 radical (unpaired) electrons. The predicted molar refractivity (Wildman–Crippen MR) is 51.5 cm³/mol. The minimum atomic E-state index is -0.415. The normalized spacial score (nSPS) is 20.5. The number of nitrogens with two attached hydrogens (primary N) is 1. The Balaban J connectivity index is 2.24. The van der Waals surface area contributed by atoms with Gasteiger partial charge in [-0.1, -0.05) is 11.6 Å². The average Bonchev–Trinajstić information content (AvgIpc) is 2.09. The van der Waals surface area contributed by atoms with Crippen LogP contribution in [0.3, 0.4) is 0 Å². The van der Waals surface area contributed by atoms with Crippen molar-refractivity contribution in [3.05, 3.63) is 41.0 Å². The Morgan fingerprint density at radius 2 is 2.00 bits per heavy atom. The van der Waals surface area contributed by atoms with Crippen LogP contribution in [0.4, 0.5) is 8.78 Å². The summed E-state index contributed by atoms with van der Waals surface area (Å²) in [6, 6.07) is 3.65. The average molecular weight is 195 g/mol. The summed E-state index contributed by atoms with van der Waals surface area (Å²) in [6.07, 6.45) is 3.26. The van der Waals surface area contributed by atoms with Crippen molar-refractivity contribution in [2.75, 3.05) is 0 Å². The zero-order chi connectivity index (χ0) is 10.1. The van der Waals surface area contributed by atoms with Gasteiger partial charge < -0.3 is 5.73 Å². The van der Waals surface area contributed by atoms with Gasteiger partial charge in [-0.2, -0.15) is 0 Å². The smallest absolute Gasteiger partial charge is 0.130 e. The lowest BCUT2D eigenvalue weighted by Crippen LogP contribution is -2.29. The second-order valence-electron chi connectivity index (χ2n) is 3.64. The van der Waals surface area contributed by atoms with Crippen LogP contribution in [-0.4, -0.2) is 6.04 Å². The SMILES string of the molecule is NC1CC(=Cc2cc(F)ccc2F)C1. The van der Waals surface area contributed by atoms with E-state index in [1.807, 2.05) is 0 Å². The molecule has 0 amide bonds. The van der Waals surface area contributed by atoms with Gasteiger partial charge in [0.05, 0.1) is 0 Å². The fraction of sp³-hybridized carbons (Fsp3) is 0.273. The van der Waals surface area contributed by atoms with Crippen LogP contribution in [0.1, 0.15) is 18.4 Å². The molecule has 3 heteroatoms. The second-order valence-corrected chi connectivity index (χ2v) is 3.64. The zero-order valence-electron chi connectivity index (χ0n) is 7.63. The zero-order valence-corrected chi connectivity index (χ0v) is 7.63. The Hall–Kier alpha value is -1.22. The minimum Gasteiger partial charge on any atom is -0.327 e. The molecule has 1 aromatic carbocycles. The molecule has 0 unspecified atom stereocenters. The first-order valence-corrected chi connectivity index (χ1v) is 4.55. The van der Waals surface area contributed by atoms with Gasteiger partial charge in [0, 0.05) is 11.6 Å². The van der Waals surface area contributed by atoms with Gasteiger partial charge in [0.25, 0.3) is 0 Å². The van der Waals surface area contributed by atoms with E-state index in [0.717, 1.165) is 30.5 Å². The quantitative estimate of drug-likeness (QED) is 0.731. The molecule has 1 fully saturated rings. The van der Waals surface area contributed by atoms with E-state index in [9.17, 15) is 8.78 Å². The molecule has 14 heavy (non-hydrogen) atoms. The van der Waals surface area contributed by atoms with Crippen molar-refractivity contribution in [2.24, 2.45) is 5.73 Å². The molecule has 0 atom stereocenters. The van der Waals surface area contributed by atoms with Crippen molar-refractivity contribution in [1.29, 1.82) is 0 Å². The molecule has 0 saturated heterocycles. The Kier molecular flexibility index (Phi) is 2.33. The Labute approximate surface area is 81.2 Å².